The first-order valence-corrected chi connectivity index (χ1v) is 8.10. The van der Waals surface area contributed by atoms with Crippen LogP contribution in [0.3, 0.4) is 0 Å². The molecule has 7 heteroatoms. The lowest BCUT2D eigenvalue weighted by atomic mass is 10.1. The molecule has 1 aromatic carbocycles. The smallest absolute Gasteiger partial charge is 0.411 e. The summed E-state index contributed by atoms with van der Waals surface area (Å²) in [5.74, 6) is 0. The Morgan fingerprint density at radius 3 is 2.60 bits per heavy atom. The zero-order valence-corrected chi connectivity index (χ0v) is 13.9. The Hall–Kier alpha value is -3.09. The molecule has 7 nitrogen and oxygen atoms in total. The molecule has 25 heavy (non-hydrogen) atoms. The monoisotopic (exact) mass is 340 g/mol. The molecular formula is C18H20N4O3. The number of rotatable bonds is 3. The summed E-state index contributed by atoms with van der Waals surface area (Å²) in [4.78, 5) is 29.8. The fourth-order valence-electron chi connectivity index (χ4n) is 2.98. The van der Waals surface area contributed by atoms with Crippen LogP contribution in [-0.2, 0) is 4.74 Å². The van der Waals surface area contributed by atoms with Crippen molar-refractivity contribution < 1.29 is 14.3 Å². The third kappa shape index (κ3) is 4.06. The molecule has 0 spiro atoms. The minimum Gasteiger partial charge on any atom is -0.453 e. The van der Waals surface area contributed by atoms with Gasteiger partial charge in [0, 0.05) is 30.3 Å². The summed E-state index contributed by atoms with van der Waals surface area (Å²) in [5, 5.41) is 5.47. The van der Waals surface area contributed by atoms with E-state index in [0.29, 0.717) is 17.9 Å². The molecule has 1 aliphatic rings. The fourth-order valence-corrected chi connectivity index (χ4v) is 2.98. The standard InChI is InChI=1S/C18H20N4O3/c1-25-18(24)21-15-5-2-4-14(12-15)20-17(23)22-11-3-6-16(22)13-7-9-19-10-8-13/h2,4-5,7-10,12,16H,3,6,11H2,1H3,(H,20,23)(H,21,24). The van der Waals surface area contributed by atoms with Crippen molar-refractivity contribution in [3.05, 3.63) is 54.4 Å². The molecule has 2 N–H and O–H groups in total. The molecule has 0 saturated carbocycles. The van der Waals surface area contributed by atoms with Crippen LogP contribution in [0.15, 0.2) is 48.8 Å². The highest BCUT2D eigenvalue weighted by Gasteiger charge is 2.29. The van der Waals surface area contributed by atoms with Crippen molar-refractivity contribution >= 4 is 23.5 Å². The Morgan fingerprint density at radius 2 is 1.88 bits per heavy atom. The molecule has 3 rings (SSSR count). The number of hydrogen-bond donors (Lipinski definition) is 2. The fraction of sp³-hybridized carbons (Fsp3) is 0.278. The van der Waals surface area contributed by atoms with Gasteiger partial charge in [-0.05, 0) is 48.7 Å². The van der Waals surface area contributed by atoms with Gasteiger partial charge in [-0.3, -0.25) is 10.3 Å². The Morgan fingerprint density at radius 1 is 1.16 bits per heavy atom. The van der Waals surface area contributed by atoms with Gasteiger partial charge in [-0.25, -0.2) is 9.59 Å². The van der Waals surface area contributed by atoms with Gasteiger partial charge in [0.2, 0.25) is 0 Å². The van der Waals surface area contributed by atoms with Crippen molar-refractivity contribution in [2.75, 3.05) is 24.3 Å². The molecule has 1 atom stereocenters. The van der Waals surface area contributed by atoms with Crippen LogP contribution in [-0.4, -0.2) is 35.7 Å². The Balaban J connectivity index is 1.69. The van der Waals surface area contributed by atoms with E-state index in [1.807, 2.05) is 17.0 Å². The summed E-state index contributed by atoms with van der Waals surface area (Å²) in [6.45, 7) is 0.707. The lowest BCUT2D eigenvalue weighted by molar-refractivity contribution is 0.187. The van der Waals surface area contributed by atoms with Crippen LogP contribution in [0.2, 0.25) is 0 Å². The van der Waals surface area contributed by atoms with Crippen LogP contribution in [0.1, 0.15) is 24.4 Å². The van der Waals surface area contributed by atoms with Crippen molar-refractivity contribution in [2.24, 2.45) is 0 Å². The first-order valence-electron chi connectivity index (χ1n) is 8.10. The van der Waals surface area contributed by atoms with E-state index >= 15 is 0 Å². The number of hydrogen-bond acceptors (Lipinski definition) is 4. The van der Waals surface area contributed by atoms with E-state index in [1.54, 1.807) is 36.7 Å². The van der Waals surface area contributed by atoms with E-state index in [0.717, 1.165) is 18.4 Å². The summed E-state index contributed by atoms with van der Waals surface area (Å²) in [6, 6.07) is 10.7. The van der Waals surface area contributed by atoms with Gasteiger partial charge in [0.1, 0.15) is 0 Å². The van der Waals surface area contributed by atoms with E-state index in [4.69, 9.17) is 0 Å². The highest BCUT2D eigenvalue weighted by atomic mass is 16.5. The number of nitrogens with zero attached hydrogens (tertiary/aromatic N) is 2. The number of carbonyl (C=O) groups excluding carboxylic acids is 2. The molecule has 0 radical (unpaired) electrons. The number of anilines is 2. The van der Waals surface area contributed by atoms with Gasteiger partial charge in [0.25, 0.3) is 0 Å². The molecule has 0 aliphatic carbocycles. The summed E-state index contributed by atoms with van der Waals surface area (Å²) in [5.41, 5.74) is 2.25. The van der Waals surface area contributed by atoms with Crippen LogP contribution in [0.25, 0.3) is 0 Å². The number of nitrogens with one attached hydrogen (secondary N) is 2. The Bertz CT molecular complexity index is 751. The van der Waals surface area contributed by atoms with E-state index < -0.39 is 6.09 Å². The van der Waals surface area contributed by atoms with Gasteiger partial charge in [-0.15, -0.1) is 0 Å². The largest absolute Gasteiger partial charge is 0.453 e. The molecule has 1 aliphatic heterocycles. The minimum absolute atomic E-state index is 0.0550. The maximum absolute atomic E-state index is 12.7. The summed E-state index contributed by atoms with van der Waals surface area (Å²) >= 11 is 0. The van der Waals surface area contributed by atoms with Crippen molar-refractivity contribution in [1.82, 2.24) is 9.88 Å². The molecule has 3 amide bonds. The number of pyridine rings is 1. The van der Waals surface area contributed by atoms with Crippen LogP contribution >= 0.6 is 0 Å². The molecule has 1 unspecified atom stereocenters. The summed E-state index contributed by atoms with van der Waals surface area (Å²) in [6.07, 6.45) is 4.82. The van der Waals surface area contributed by atoms with E-state index in [2.05, 4.69) is 20.4 Å². The van der Waals surface area contributed by atoms with Crippen LogP contribution in [0.5, 0.6) is 0 Å². The SMILES string of the molecule is COC(=O)Nc1cccc(NC(=O)N2CCCC2c2ccncc2)c1. The van der Waals surface area contributed by atoms with E-state index in [9.17, 15) is 9.59 Å². The molecule has 1 fully saturated rings. The highest BCUT2D eigenvalue weighted by molar-refractivity contribution is 5.91. The van der Waals surface area contributed by atoms with Gasteiger partial charge >= 0.3 is 12.1 Å². The van der Waals surface area contributed by atoms with Gasteiger partial charge in [-0.2, -0.15) is 0 Å². The molecule has 2 heterocycles. The molecule has 0 bridgehead atoms. The van der Waals surface area contributed by atoms with Crippen molar-refractivity contribution in [1.29, 1.82) is 0 Å². The second kappa shape index (κ2) is 7.65. The maximum atomic E-state index is 12.7. The number of carbonyl (C=O) groups is 2. The van der Waals surface area contributed by atoms with Crippen molar-refractivity contribution in [2.45, 2.75) is 18.9 Å². The minimum atomic E-state index is -0.555. The van der Waals surface area contributed by atoms with Gasteiger partial charge in [0.05, 0.1) is 13.2 Å². The third-order valence-electron chi connectivity index (χ3n) is 4.15. The number of ether oxygens (including phenoxy) is 1. The molecule has 2 aromatic rings. The number of benzene rings is 1. The first-order chi connectivity index (χ1) is 12.2. The maximum Gasteiger partial charge on any atom is 0.411 e. The van der Waals surface area contributed by atoms with Gasteiger partial charge < -0.3 is 15.0 Å². The second-order valence-corrected chi connectivity index (χ2v) is 5.76. The summed E-state index contributed by atoms with van der Waals surface area (Å²) in [7, 11) is 1.30. The van der Waals surface area contributed by atoms with Gasteiger partial charge in [-0.1, -0.05) is 6.07 Å². The van der Waals surface area contributed by atoms with Crippen LogP contribution in [0.4, 0.5) is 21.0 Å². The summed E-state index contributed by atoms with van der Waals surface area (Å²) < 4.78 is 4.57. The van der Waals surface area contributed by atoms with E-state index in [-0.39, 0.29) is 12.1 Å². The topological polar surface area (TPSA) is 83.6 Å². The number of likely N-dealkylation sites (tertiary alicyclic amines) is 1. The van der Waals surface area contributed by atoms with Crippen LogP contribution < -0.4 is 10.6 Å². The molecule has 130 valence electrons. The van der Waals surface area contributed by atoms with Gasteiger partial charge in [0.15, 0.2) is 0 Å². The Labute approximate surface area is 146 Å². The van der Waals surface area contributed by atoms with Crippen molar-refractivity contribution in [3.8, 4) is 0 Å². The van der Waals surface area contributed by atoms with Crippen LogP contribution in [0, 0.1) is 0 Å². The third-order valence-corrected chi connectivity index (χ3v) is 4.15. The predicted molar refractivity (Wildman–Crippen MR) is 94.4 cm³/mol. The Kier molecular flexibility index (Phi) is 5.13. The number of amides is 3. The lowest BCUT2D eigenvalue weighted by Gasteiger charge is -2.25. The zero-order chi connectivity index (χ0) is 17.6. The average Bonchev–Trinajstić information content (AvgIpc) is 3.12. The predicted octanol–water partition coefficient (Wildman–Crippen LogP) is 3.63. The molecule has 1 aromatic heterocycles. The highest BCUT2D eigenvalue weighted by Crippen LogP contribution is 2.32. The number of aromatic nitrogens is 1. The normalized spacial score (nSPS) is 16.4. The second-order valence-electron chi connectivity index (χ2n) is 5.76. The molecular weight excluding hydrogens is 320 g/mol. The molecule has 1 saturated heterocycles. The quantitative estimate of drug-likeness (QED) is 0.894. The lowest BCUT2D eigenvalue weighted by Crippen LogP contribution is -2.34. The first kappa shape index (κ1) is 16.8. The van der Waals surface area contributed by atoms with Crippen molar-refractivity contribution in [3.63, 3.8) is 0 Å². The average molecular weight is 340 g/mol. The zero-order valence-electron chi connectivity index (χ0n) is 13.9. The number of methoxy groups -OCH3 is 1. The van der Waals surface area contributed by atoms with E-state index in [1.165, 1.54) is 7.11 Å². The number of urea groups is 1.